The molecule has 7 heteroatoms. The van der Waals surface area contributed by atoms with Crippen molar-refractivity contribution in [2.45, 2.75) is 0 Å². The zero-order valence-corrected chi connectivity index (χ0v) is 4.18. The Labute approximate surface area is 43.7 Å². The quantitative estimate of drug-likeness (QED) is 0.480. The summed E-state index contributed by atoms with van der Waals surface area (Å²) in [7, 11) is -4.99. The lowest BCUT2D eigenvalue weighted by atomic mass is 11.6. The Morgan fingerprint density at radius 1 is 1.62 bits per heavy atom. The Hall–Kier alpha value is -0.690. The predicted octanol–water partition coefficient (Wildman–Crippen LogP) is -0.105. The van der Waals surface area contributed by atoms with Gasteiger partial charge in [-0.15, -0.1) is 0 Å². The van der Waals surface area contributed by atoms with Gasteiger partial charge in [0.15, 0.2) is 0 Å². The summed E-state index contributed by atoms with van der Waals surface area (Å²) in [6.07, 6.45) is 0. The molecule has 0 heterocycles. The van der Waals surface area contributed by atoms with E-state index in [9.17, 15) is 17.7 Å². The van der Waals surface area contributed by atoms with E-state index in [1.54, 1.807) is 0 Å². The van der Waals surface area contributed by atoms with Crippen LogP contribution in [-0.2, 0) is 15.1 Å². The zero-order valence-electron chi connectivity index (χ0n) is 3.37. The van der Waals surface area contributed by atoms with Gasteiger partial charge in [0.25, 0.3) is 0 Å². The van der Waals surface area contributed by atoms with Gasteiger partial charge < -0.3 is 0 Å². The monoisotopic (exact) mass is 144 g/mol. The third-order valence-corrected chi connectivity index (χ3v) is 0.758. The molecule has 0 aromatic rings. The second kappa shape index (κ2) is 2.05. The van der Waals surface area contributed by atoms with E-state index >= 15 is 0 Å². The van der Waals surface area contributed by atoms with E-state index in [-0.39, 0.29) is 0 Å². The first-order valence-corrected chi connectivity index (χ1v) is 2.72. The molecule has 0 aliphatic carbocycles. The summed E-state index contributed by atoms with van der Waals surface area (Å²) >= 11 is 0. The van der Waals surface area contributed by atoms with Crippen molar-refractivity contribution < 1.29 is 27.2 Å². The lowest BCUT2D eigenvalue weighted by Gasteiger charge is -1.83. The van der Waals surface area contributed by atoms with Gasteiger partial charge in [0.05, 0.1) is 0 Å². The molecule has 0 aromatic heterocycles. The molecule has 0 saturated heterocycles. The molecule has 0 bridgehead atoms. The number of hydrogen-bond acceptors (Lipinski definition) is 4. The first-order chi connectivity index (χ1) is 3.48. The van der Waals surface area contributed by atoms with Crippen molar-refractivity contribution in [1.29, 1.82) is 0 Å². The SMILES string of the molecule is O=C(OF)S(=O)(=O)O. The van der Waals surface area contributed by atoms with E-state index < -0.39 is 15.4 Å². The summed E-state index contributed by atoms with van der Waals surface area (Å²) in [5.41, 5.74) is 0. The molecular formula is CHFO5S. The number of halogens is 1. The van der Waals surface area contributed by atoms with E-state index in [0.717, 1.165) is 0 Å². The molecule has 0 spiro atoms. The largest absolute Gasteiger partial charge is 0.488 e. The Morgan fingerprint density at radius 3 is 2.00 bits per heavy atom. The Kier molecular flexibility index (Phi) is 1.88. The molecule has 48 valence electrons. The summed E-state index contributed by atoms with van der Waals surface area (Å²) in [6.45, 7) is 0. The van der Waals surface area contributed by atoms with Crippen molar-refractivity contribution >= 4 is 15.4 Å². The molecule has 1 N–H and O–H groups in total. The maximum atomic E-state index is 10.5. The van der Waals surface area contributed by atoms with E-state index in [1.165, 1.54) is 0 Å². The van der Waals surface area contributed by atoms with Gasteiger partial charge in [-0.2, -0.15) is 8.42 Å². The van der Waals surface area contributed by atoms with E-state index in [1.807, 2.05) is 0 Å². The van der Waals surface area contributed by atoms with Gasteiger partial charge in [-0.05, 0) is 0 Å². The normalized spacial score (nSPS) is 10.8. The second-order valence-electron chi connectivity index (χ2n) is 0.802. The molecule has 0 rings (SSSR count). The molecule has 0 radical (unpaired) electrons. The highest BCUT2D eigenvalue weighted by atomic mass is 32.2. The maximum absolute atomic E-state index is 10.5. The fourth-order valence-corrected chi connectivity index (χ4v) is 0.119. The van der Waals surface area contributed by atoms with E-state index in [2.05, 4.69) is 4.94 Å². The fourth-order valence-electron chi connectivity index (χ4n) is 0.0398. The topological polar surface area (TPSA) is 80.7 Å². The zero-order chi connectivity index (χ0) is 6.78. The van der Waals surface area contributed by atoms with Crippen LogP contribution in [0.4, 0.5) is 9.32 Å². The minimum Gasteiger partial charge on any atom is -0.277 e. The number of hydrogen-bond donors (Lipinski definition) is 1. The molecule has 8 heavy (non-hydrogen) atoms. The van der Waals surface area contributed by atoms with Gasteiger partial charge >= 0.3 is 15.4 Å². The van der Waals surface area contributed by atoms with E-state index in [4.69, 9.17) is 4.55 Å². The average molecular weight is 144 g/mol. The van der Waals surface area contributed by atoms with Crippen LogP contribution in [0.3, 0.4) is 0 Å². The van der Waals surface area contributed by atoms with Gasteiger partial charge in [0.1, 0.15) is 0 Å². The molecule has 0 aromatic carbocycles. The first-order valence-electron chi connectivity index (χ1n) is 1.28. The van der Waals surface area contributed by atoms with Crippen LogP contribution in [0.2, 0.25) is 0 Å². The molecule has 5 nitrogen and oxygen atoms in total. The minimum atomic E-state index is -4.99. The van der Waals surface area contributed by atoms with Crippen molar-refractivity contribution in [2.24, 2.45) is 0 Å². The standard InChI is InChI=1S/CHFO5S/c2-7-1(3)8(4,5)6/h(H,4,5,6). The Bertz CT molecular complexity index is 179. The van der Waals surface area contributed by atoms with Crippen molar-refractivity contribution in [3.8, 4) is 0 Å². The molecule has 0 fully saturated rings. The number of carbonyl (C=O) groups is 1. The first kappa shape index (κ1) is 7.31. The van der Waals surface area contributed by atoms with Crippen molar-refractivity contribution in [2.75, 3.05) is 0 Å². The van der Waals surface area contributed by atoms with Crippen molar-refractivity contribution in [1.82, 2.24) is 0 Å². The summed E-state index contributed by atoms with van der Waals surface area (Å²) in [6, 6.07) is 0. The van der Waals surface area contributed by atoms with Crippen LogP contribution in [0, 0.1) is 0 Å². The second-order valence-corrected chi connectivity index (χ2v) is 2.09. The third kappa shape index (κ3) is 1.85. The van der Waals surface area contributed by atoms with Gasteiger partial charge in [-0.1, -0.05) is 0 Å². The highest BCUT2D eigenvalue weighted by Gasteiger charge is 2.20. The highest BCUT2D eigenvalue weighted by Crippen LogP contribution is 1.89. The van der Waals surface area contributed by atoms with Gasteiger partial charge in [-0.25, -0.2) is 9.74 Å². The molecule has 0 saturated carbocycles. The Morgan fingerprint density at radius 2 is 2.00 bits per heavy atom. The minimum absolute atomic E-state index is 2.14. The van der Waals surface area contributed by atoms with Crippen molar-refractivity contribution in [3.63, 3.8) is 0 Å². The van der Waals surface area contributed by atoms with Crippen LogP contribution in [0.5, 0.6) is 0 Å². The third-order valence-electron chi connectivity index (χ3n) is 0.274. The molecule has 0 aliphatic rings. The molecule has 0 aliphatic heterocycles. The van der Waals surface area contributed by atoms with Gasteiger partial charge in [0.2, 0.25) is 0 Å². The number of rotatable bonds is 0. The van der Waals surface area contributed by atoms with Gasteiger partial charge in [-0.3, -0.25) is 4.55 Å². The summed E-state index contributed by atoms with van der Waals surface area (Å²) in [5, 5.41) is -2.31. The molecule has 0 amide bonds. The predicted molar refractivity (Wildman–Crippen MR) is 19.1 cm³/mol. The smallest absolute Gasteiger partial charge is 0.277 e. The molecule has 0 unspecified atom stereocenters. The van der Waals surface area contributed by atoms with Crippen LogP contribution >= 0.6 is 0 Å². The average Bonchev–Trinajstić information content (AvgIpc) is 1.62. The summed E-state index contributed by atoms with van der Waals surface area (Å²) < 4.78 is 36.8. The van der Waals surface area contributed by atoms with Crippen LogP contribution in [0.15, 0.2) is 0 Å². The van der Waals surface area contributed by atoms with Crippen LogP contribution in [-0.4, -0.2) is 18.3 Å². The van der Waals surface area contributed by atoms with Crippen LogP contribution in [0.1, 0.15) is 0 Å². The van der Waals surface area contributed by atoms with Crippen molar-refractivity contribution in [3.05, 3.63) is 0 Å². The fraction of sp³-hybridized carbons (Fsp3) is 0. The molecule has 0 atom stereocenters. The summed E-state index contributed by atoms with van der Waals surface area (Å²) in [4.78, 5) is 11.5. The summed E-state index contributed by atoms with van der Waals surface area (Å²) in [5.74, 6) is 0. The lowest BCUT2D eigenvalue weighted by molar-refractivity contribution is -0.0484. The Balaban J connectivity index is 4.29. The van der Waals surface area contributed by atoms with Crippen LogP contribution < -0.4 is 0 Å². The molecular weight excluding hydrogens is 143 g/mol. The highest BCUT2D eigenvalue weighted by molar-refractivity contribution is 8.00. The maximum Gasteiger partial charge on any atom is 0.488 e. The van der Waals surface area contributed by atoms with E-state index in [0.29, 0.717) is 0 Å². The lowest BCUT2D eigenvalue weighted by Crippen LogP contribution is -2.10. The van der Waals surface area contributed by atoms with Gasteiger partial charge in [0, 0.05) is 4.53 Å². The number of carbonyl (C=O) groups excluding carboxylic acids is 1. The van der Waals surface area contributed by atoms with Crippen LogP contribution in [0.25, 0.3) is 0 Å².